The Kier molecular flexibility index (Phi) is 910. The van der Waals surface area contributed by atoms with Crippen molar-refractivity contribution in [2.24, 2.45) is 0 Å². The van der Waals surface area contributed by atoms with Crippen LogP contribution in [0.3, 0.4) is 0 Å². The van der Waals surface area contributed by atoms with Crippen molar-refractivity contribution in [3.05, 3.63) is 0 Å². The summed E-state index contributed by atoms with van der Waals surface area (Å²) in [6.07, 6.45) is 0. The Balaban J connectivity index is 0. The largest absolute Gasteiger partial charge is 3.00 e. The third kappa shape index (κ3) is 30.5. The fourth-order valence-corrected chi connectivity index (χ4v) is 0. The molecular weight excluding hydrogens is 144 g/mol. The predicted octanol–water partition coefficient (Wildman–Crippen LogP) is -10.6. The van der Waals surface area contributed by atoms with E-state index in [0.717, 1.165) is 0 Å². The summed E-state index contributed by atoms with van der Waals surface area (Å²) in [5, 5.41) is 0. The van der Waals surface area contributed by atoms with Crippen LogP contribution in [0.25, 0.3) is 0 Å². The van der Waals surface area contributed by atoms with Crippen LogP contribution in [-0.4, -0.2) is 25.8 Å². The summed E-state index contributed by atoms with van der Waals surface area (Å²) in [4.78, 5) is 0. The first-order valence-corrected chi connectivity index (χ1v) is 0. The molecule has 0 bridgehead atoms. The molecule has 0 saturated heterocycles. The summed E-state index contributed by atoms with van der Waals surface area (Å²) < 4.78 is 0. The molecule has 0 unspecified atom stereocenters. The maximum absolute atomic E-state index is 0. The molecule has 0 aromatic rings. The van der Waals surface area contributed by atoms with Gasteiger partial charge in [0, 0.05) is 0 Å². The average Bonchev–Trinajstić information content (AvgIpc) is 0. The van der Waals surface area contributed by atoms with Crippen LogP contribution in [-0.2, 0) is 0 Å². The van der Waals surface area contributed by atoms with Gasteiger partial charge in [0.05, 0.1) is 8.41 Å². The van der Waals surface area contributed by atoms with E-state index in [9.17, 15) is 0 Å². The van der Waals surface area contributed by atoms with Crippen molar-refractivity contribution in [1.82, 2.24) is 0 Å². The van der Waals surface area contributed by atoms with Crippen molar-refractivity contribution < 1.29 is 37.2 Å². The first-order valence-electron chi connectivity index (χ1n) is 0. The molecule has 0 nitrogen and oxygen atoms in total. The number of hydrogen-bond acceptors (Lipinski definition) is 0. The molecule has 0 N–H and O–H groups in total. The van der Waals surface area contributed by atoms with Crippen molar-refractivity contribution in [2.75, 3.05) is 0 Å². The molecule has 0 rings (SSSR count). The van der Waals surface area contributed by atoms with Gasteiger partial charge in [0.2, 0.25) is 0 Å². The van der Waals surface area contributed by atoms with E-state index in [1.165, 1.54) is 0 Å². The topological polar surface area (TPSA) is 0 Å². The molecule has 0 atom stereocenters. The number of halogens is 3. The maximum atomic E-state index is 0. The van der Waals surface area contributed by atoms with Gasteiger partial charge in [0.1, 0.15) is 0 Å². The minimum Gasteiger partial charge on any atom is -1.00 e. The zero-order chi connectivity index (χ0) is 0. The maximum Gasteiger partial charge on any atom is 3.00 e. The molecule has 0 amide bonds. The minimum atomic E-state index is 0. The van der Waals surface area contributed by atoms with Gasteiger partial charge in [0.25, 0.3) is 0 Å². The van der Waals surface area contributed by atoms with E-state index in [1.807, 2.05) is 0 Å². The van der Waals surface area contributed by atoms with E-state index >= 15 is 0 Å². The smallest absolute Gasteiger partial charge is 1.00 e. The zero-order valence-electron chi connectivity index (χ0n) is 1.71. The fourth-order valence-electron chi connectivity index (χ4n) is 0. The molecule has 0 aliphatic rings. The van der Waals surface area contributed by atoms with Crippen molar-refractivity contribution >= 4 is 25.8 Å². The summed E-state index contributed by atoms with van der Waals surface area (Å²) in [6, 6.07) is 0. The summed E-state index contributed by atoms with van der Waals surface area (Å²) in [7, 11) is 0. The Morgan fingerprint density at radius 2 is 0.600 bits per heavy atom. The molecule has 0 aromatic heterocycles. The Morgan fingerprint density at radius 3 is 0.600 bits per heavy atom. The van der Waals surface area contributed by atoms with Crippen molar-refractivity contribution in [1.29, 1.82) is 0 Å². The standard InChI is InChI=1S/Al.BH3.3ClH/h;1H3;3*1H/q+3;;;;/p-3. The van der Waals surface area contributed by atoms with Gasteiger partial charge in [-0.1, -0.05) is 0 Å². The van der Waals surface area contributed by atoms with Crippen LogP contribution in [0.4, 0.5) is 0 Å². The number of hydrogen-bond donors (Lipinski definition) is 0. The van der Waals surface area contributed by atoms with Gasteiger partial charge < -0.3 is 37.2 Å². The molecule has 0 heterocycles. The van der Waals surface area contributed by atoms with Crippen LogP contribution in [0.1, 0.15) is 0 Å². The molecule has 5 heavy (non-hydrogen) atoms. The monoisotopic (exact) mass is 146 g/mol. The molecule has 30 valence electrons. The fraction of sp³-hybridized carbons (Fsp3) is 0. The van der Waals surface area contributed by atoms with E-state index in [2.05, 4.69) is 0 Å². The Hall–Kier alpha value is 1.47. The zero-order valence-corrected chi connectivity index (χ0v) is 5.13. The summed E-state index contributed by atoms with van der Waals surface area (Å²) in [5.41, 5.74) is 0. The van der Waals surface area contributed by atoms with Gasteiger partial charge in [-0.25, -0.2) is 0 Å². The van der Waals surface area contributed by atoms with E-state index in [-0.39, 0.29) is 63.0 Å². The normalized spacial score (nSPS) is 0. The van der Waals surface area contributed by atoms with Gasteiger partial charge in [-0.05, 0) is 0 Å². The van der Waals surface area contributed by atoms with Gasteiger partial charge in [-0.2, -0.15) is 0 Å². The Morgan fingerprint density at radius 1 is 0.600 bits per heavy atom. The minimum absolute atomic E-state index is 0. The summed E-state index contributed by atoms with van der Waals surface area (Å²) in [6.45, 7) is 0. The molecule has 0 aliphatic heterocycles. The third-order valence-electron chi connectivity index (χ3n) is 0. The number of rotatable bonds is 0. The van der Waals surface area contributed by atoms with Crippen LogP contribution in [0.5, 0.6) is 0 Å². The summed E-state index contributed by atoms with van der Waals surface area (Å²) >= 11 is 0. The molecule has 0 saturated carbocycles. The molecule has 5 heteroatoms. The van der Waals surface area contributed by atoms with Crippen molar-refractivity contribution in [2.45, 2.75) is 0 Å². The van der Waals surface area contributed by atoms with Gasteiger partial charge in [-0.3, -0.25) is 0 Å². The molecular formula is H3AlBCl3. The predicted molar refractivity (Wildman–Crippen MR) is 15.7 cm³/mol. The third-order valence-corrected chi connectivity index (χ3v) is 0. The Bertz CT molecular complexity index is 6.85. The van der Waals surface area contributed by atoms with E-state index in [4.69, 9.17) is 0 Å². The first-order chi connectivity index (χ1) is 0. The van der Waals surface area contributed by atoms with E-state index < -0.39 is 0 Å². The second-order valence-electron chi connectivity index (χ2n) is 0. The van der Waals surface area contributed by atoms with Crippen molar-refractivity contribution in [3.63, 3.8) is 0 Å². The SMILES string of the molecule is B.[Al+3].[Cl-].[Cl-].[Cl-]. The van der Waals surface area contributed by atoms with Gasteiger partial charge in [-0.15, -0.1) is 0 Å². The molecule has 0 fully saturated rings. The average molecular weight is 147 g/mol. The molecule has 0 aliphatic carbocycles. The van der Waals surface area contributed by atoms with Crippen LogP contribution >= 0.6 is 0 Å². The summed E-state index contributed by atoms with van der Waals surface area (Å²) in [5.74, 6) is 0. The van der Waals surface area contributed by atoms with E-state index in [0.29, 0.717) is 0 Å². The van der Waals surface area contributed by atoms with Gasteiger partial charge >= 0.3 is 17.4 Å². The second-order valence-corrected chi connectivity index (χ2v) is 0. The quantitative estimate of drug-likeness (QED) is 0.298. The van der Waals surface area contributed by atoms with Crippen molar-refractivity contribution in [3.8, 4) is 0 Å². The molecule has 0 radical (unpaired) electrons. The van der Waals surface area contributed by atoms with Crippen LogP contribution < -0.4 is 37.2 Å². The van der Waals surface area contributed by atoms with Crippen LogP contribution in [0, 0.1) is 0 Å². The molecule has 0 spiro atoms. The van der Waals surface area contributed by atoms with Gasteiger partial charge in [0.15, 0.2) is 0 Å². The first kappa shape index (κ1) is 89.8. The van der Waals surface area contributed by atoms with Crippen LogP contribution in [0.2, 0.25) is 0 Å². The van der Waals surface area contributed by atoms with Crippen LogP contribution in [0.15, 0.2) is 0 Å². The van der Waals surface area contributed by atoms with E-state index in [1.54, 1.807) is 0 Å². The Labute approximate surface area is 63.0 Å². The second kappa shape index (κ2) is 50.7. The molecule has 0 aromatic carbocycles.